The van der Waals surface area contributed by atoms with Gasteiger partial charge in [0, 0.05) is 13.2 Å². The predicted molar refractivity (Wildman–Crippen MR) is 62.6 cm³/mol. The number of carbonyl (C=O) groups is 1. The van der Waals surface area contributed by atoms with Crippen molar-refractivity contribution in [3.8, 4) is 0 Å². The molecule has 1 rings (SSSR count). The van der Waals surface area contributed by atoms with E-state index in [-0.39, 0.29) is 12.5 Å². The molecule has 0 unspecified atom stereocenters. The highest BCUT2D eigenvalue weighted by atomic mass is 32.1. The van der Waals surface area contributed by atoms with E-state index in [2.05, 4.69) is 14.9 Å². The number of aliphatic hydroxyl groups excluding tert-OH is 1. The van der Waals surface area contributed by atoms with E-state index in [0.717, 1.165) is 42.9 Å². The summed E-state index contributed by atoms with van der Waals surface area (Å²) in [5.41, 5.74) is 0.762. The zero-order chi connectivity index (χ0) is 11.8. The predicted octanol–water partition coefficient (Wildman–Crippen LogP) is 0.993. The van der Waals surface area contributed by atoms with E-state index in [9.17, 15) is 4.79 Å². The molecule has 0 radical (unpaired) electrons. The van der Waals surface area contributed by atoms with Gasteiger partial charge in [-0.1, -0.05) is 11.4 Å². The van der Waals surface area contributed by atoms with Gasteiger partial charge in [0.15, 0.2) is 0 Å². The van der Waals surface area contributed by atoms with Crippen LogP contribution in [0, 0.1) is 0 Å². The number of nitrogens with zero attached hydrogens (tertiary/aromatic N) is 2. The smallest absolute Gasteiger partial charge is 0.264 e. The van der Waals surface area contributed by atoms with Crippen molar-refractivity contribution in [2.75, 3.05) is 13.2 Å². The lowest BCUT2D eigenvalue weighted by molar-refractivity contribution is 0.0956. The molecule has 1 heterocycles. The molecule has 0 aliphatic rings. The first-order valence-electron chi connectivity index (χ1n) is 5.49. The van der Waals surface area contributed by atoms with Crippen molar-refractivity contribution in [3.63, 3.8) is 0 Å². The molecule has 0 atom stereocenters. The normalized spacial score (nSPS) is 10.4. The van der Waals surface area contributed by atoms with Crippen molar-refractivity contribution < 1.29 is 9.90 Å². The number of hydrogen-bond acceptors (Lipinski definition) is 5. The topological polar surface area (TPSA) is 75.1 Å². The fraction of sp³-hybridized carbons (Fsp3) is 0.700. The molecule has 0 saturated carbocycles. The second-order valence-corrected chi connectivity index (χ2v) is 4.20. The lowest BCUT2D eigenvalue weighted by atomic mass is 10.2. The van der Waals surface area contributed by atoms with Gasteiger partial charge in [0.25, 0.3) is 5.91 Å². The molecule has 5 nitrogen and oxygen atoms in total. The highest BCUT2D eigenvalue weighted by Crippen LogP contribution is 2.10. The molecule has 6 heteroatoms. The number of aromatic nitrogens is 2. The Morgan fingerprint density at radius 3 is 2.94 bits per heavy atom. The molecular formula is C10H17N3O2S. The maximum atomic E-state index is 11.7. The summed E-state index contributed by atoms with van der Waals surface area (Å²) in [5, 5.41) is 15.3. The van der Waals surface area contributed by atoms with Crippen molar-refractivity contribution >= 4 is 17.4 Å². The molecule has 0 aliphatic heterocycles. The molecule has 0 spiro atoms. The summed E-state index contributed by atoms with van der Waals surface area (Å²) in [6, 6.07) is 0. The van der Waals surface area contributed by atoms with Crippen molar-refractivity contribution in [1.29, 1.82) is 0 Å². The molecule has 16 heavy (non-hydrogen) atoms. The first-order valence-corrected chi connectivity index (χ1v) is 6.27. The summed E-state index contributed by atoms with van der Waals surface area (Å²) in [4.78, 5) is 12.3. The molecular weight excluding hydrogens is 226 g/mol. The standard InChI is InChI=1S/C10H17N3O2S/c1-2-8-9(16-13-12-8)10(15)11-6-4-3-5-7-14/h14H,2-7H2,1H3,(H,11,15). The van der Waals surface area contributed by atoms with E-state index < -0.39 is 0 Å². The molecule has 0 bridgehead atoms. The molecule has 90 valence electrons. The summed E-state index contributed by atoms with van der Waals surface area (Å²) in [6.45, 7) is 2.81. The average molecular weight is 243 g/mol. The summed E-state index contributed by atoms with van der Waals surface area (Å²) < 4.78 is 3.77. The second kappa shape index (κ2) is 7.29. The number of amides is 1. The lowest BCUT2D eigenvalue weighted by Crippen LogP contribution is -2.24. The van der Waals surface area contributed by atoms with E-state index >= 15 is 0 Å². The van der Waals surface area contributed by atoms with E-state index in [4.69, 9.17) is 5.11 Å². The molecule has 1 aromatic rings. The molecule has 2 N–H and O–H groups in total. The fourth-order valence-electron chi connectivity index (χ4n) is 1.31. The Morgan fingerprint density at radius 2 is 2.25 bits per heavy atom. The number of carbonyl (C=O) groups excluding carboxylic acids is 1. The van der Waals surface area contributed by atoms with Gasteiger partial charge in [0.2, 0.25) is 0 Å². The molecule has 0 aliphatic carbocycles. The van der Waals surface area contributed by atoms with E-state index in [1.807, 2.05) is 6.92 Å². The van der Waals surface area contributed by atoms with Gasteiger partial charge >= 0.3 is 0 Å². The van der Waals surface area contributed by atoms with Crippen LogP contribution in [0.1, 0.15) is 41.6 Å². The van der Waals surface area contributed by atoms with Gasteiger partial charge < -0.3 is 10.4 Å². The Kier molecular flexibility index (Phi) is 5.95. The molecule has 0 saturated heterocycles. The summed E-state index contributed by atoms with van der Waals surface area (Å²) in [6.07, 6.45) is 3.33. The van der Waals surface area contributed by atoms with Crippen LogP contribution >= 0.6 is 11.5 Å². The minimum absolute atomic E-state index is 0.0872. The Balaban J connectivity index is 2.30. The Hall–Kier alpha value is -1.01. The monoisotopic (exact) mass is 243 g/mol. The maximum absolute atomic E-state index is 11.7. The minimum Gasteiger partial charge on any atom is -0.396 e. The van der Waals surface area contributed by atoms with Crippen LogP contribution in [0.4, 0.5) is 0 Å². The minimum atomic E-state index is -0.0872. The Morgan fingerprint density at radius 1 is 1.44 bits per heavy atom. The van der Waals surface area contributed by atoms with Gasteiger partial charge in [-0.2, -0.15) is 0 Å². The summed E-state index contributed by atoms with van der Waals surface area (Å²) >= 11 is 1.14. The highest BCUT2D eigenvalue weighted by molar-refractivity contribution is 7.08. The van der Waals surface area contributed by atoms with Crippen molar-refractivity contribution in [1.82, 2.24) is 14.9 Å². The zero-order valence-electron chi connectivity index (χ0n) is 9.40. The quantitative estimate of drug-likeness (QED) is 0.700. The van der Waals surface area contributed by atoms with Gasteiger partial charge in [-0.05, 0) is 37.2 Å². The van der Waals surface area contributed by atoms with Crippen LogP contribution in [0.5, 0.6) is 0 Å². The molecule has 0 aromatic carbocycles. The fourth-order valence-corrected chi connectivity index (χ4v) is 1.97. The third-order valence-electron chi connectivity index (χ3n) is 2.22. The number of hydrogen-bond donors (Lipinski definition) is 2. The van der Waals surface area contributed by atoms with Crippen LogP contribution in [0.3, 0.4) is 0 Å². The third-order valence-corrected chi connectivity index (χ3v) is 2.98. The molecule has 1 aromatic heterocycles. The van der Waals surface area contributed by atoms with Crippen molar-refractivity contribution in [2.24, 2.45) is 0 Å². The van der Waals surface area contributed by atoms with E-state index in [1.54, 1.807) is 0 Å². The van der Waals surface area contributed by atoms with Crippen LogP contribution in [0.2, 0.25) is 0 Å². The van der Waals surface area contributed by atoms with Gasteiger partial charge in [-0.15, -0.1) is 5.10 Å². The van der Waals surface area contributed by atoms with Crippen LogP contribution in [-0.2, 0) is 6.42 Å². The SMILES string of the molecule is CCc1nnsc1C(=O)NCCCCCO. The Bertz CT molecular complexity index is 328. The third kappa shape index (κ3) is 3.86. The Labute approximate surface area is 99.0 Å². The second-order valence-electron chi connectivity index (χ2n) is 3.44. The largest absolute Gasteiger partial charge is 0.396 e. The summed E-state index contributed by atoms with van der Waals surface area (Å²) in [5.74, 6) is -0.0872. The van der Waals surface area contributed by atoms with E-state index in [0.29, 0.717) is 11.4 Å². The van der Waals surface area contributed by atoms with Crippen molar-refractivity contribution in [3.05, 3.63) is 10.6 Å². The van der Waals surface area contributed by atoms with Crippen LogP contribution < -0.4 is 5.32 Å². The number of nitrogens with one attached hydrogen (secondary N) is 1. The van der Waals surface area contributed by atoms with E-state index in [1.165, 1.54) is 0 Å². The maximum Gasteiger partial charge on any atom is 0.264 e. The highest BCUT2D eigenvalue weighted by Gasteiger charge is 2.13. The van der Waals surface area contributed by atoms with Crippen LogP contribution in [-0.4, -0.2) is 33.8 Å². The average Bonchev–Trinajstić information content (AvgIpc) is 2.76. The first-order chi connectivity index (χ1) is 7.79. The molecule has 0 fully saturated rings. The zero-order valence-corrected chi connectivity index (χ0v) is 10.2. The number of aliphatic hydroxyl groups is 1. The van der Waals surface area contributed by atoms with Gasteiger partial charge in [0.1, 0.15) is 4.88 Å². The summed E-state index contributed by atoms with van der Waals surface area (Å²) in [7, 11) is 0. The van der Waals surface area contributed by atoms with Crippen LogP contribution in [0.25, 0.3) is 0 Å². The lowest BCUT2D eigenvalue weighted by Gasteiger charge is -2.03. The number of rotatable bonds is 7. The molecule has 1 amide bonds. The van der Waals surface area contributed by atoms with Gasteiger partial charge in [-0.3, -0.25) is 4.79 Å². The number of aryl methyl sites for hydroxylation is 1. The van der Waals surface area contributed by atoms with Gasteiger partial charge in [0.05, 0.1) is 5.69 Å². The van der Waals surface area contributed by atoms with Crippen molar-refractivity contribution in [2.45, 2.75) is 32.6 Å². The number of unbranched alkanes of at least 4 members (excludes halogenated alkanes) is 2. The van der Waals surface area contributed by atoms with Crippen LogP contribution in [0.15, 0.2) is 0 Å². The first kappa shape index (κ1) is 13.1. The van der Waals surface area contributed by atoms with Gasteiger partial charge in [-0.25, -0.2) is 0 Å².